The molecule has 5 nitrogen and oxygen atoms in total. The molecule has 0 aliphatic heterocycles. The fraction of sp³-hybridized carbons (Fsp3) is 0.188. The van der Waals surface area contributed by atoms with E-state index in [0.717, 1.165) is 0 Å². The molecule has 0 bridgehead atoms. The molecule has 0 saturated carbocycles. The summed E-state index contributed by atoms with van der Waals surface area (Å²) in [7, 11) is 0. The van der Waals surface area contributed by atoms with E-state index in [1.54, 1.807) is 30.3 Å². The summed E-state index contributed by atoms with van der Waals surface area (Å²) in [6, 6.07) is 14.5. The molecule has 1 heterocycles. The van der Waals surface area contributed by atoms with E-state index in [1.807, 2.05) is 22.9 Å². The van der Waals surface area contributed by atoms with Crippen LogP contribution in [0, 0.1) is 22.7 Å². The average molecular weight is 278 g/mol. The maximum absolute atomic E-state index is 11.8. The fourth-order valence-electron chi connectivity index (χ4n) is 2.01. The summed E-state index contributed by atoms with van der Waals surface area (Å²) < 4.78 is 1.82. The van der Waals surface area contributed by atoms with Crippen LogP contribution in [-0.2, 0) is 11.3 Å². The Kier molecular flexibility index (Phi) is 4.74. The lowest BCUT2D eigenvalue weighted by Crippen LogP contribution is -2.12. The number of anilines is 1. The van der Waals surface area contributed by atoms with Crippen molar-refractivity contribution < 1.29 is 4.79 Å². The molecule has 0 aliphatic rings. The number of hydrogen-bond donors (Lipinski definition) is 1. The summed E-state index contributed by atoms with van der Waals surface area (Å²) in [5, 5.41) is 20.4. The molecule has 0 atom stereocenters. The van der Waals surface area contributed by atoms with Gasteiger partial charge >= 0.3 is 0 Å². The second-order valence-electron chi connectivity index (χ2n) is 4.54. The molecule has 0 aliphatic carbocycles. The van der Waals surface area contributed by atoms with Gasteiger partial charge in [0.25, 0.3) is 0 Å². The van der Waals surface area contributed by atoms with Crippen molar-refractivity contribution in [1.82, 2.24) is 4.57 Å². The van der Waals surface area contributed by atoms with E-state index >= 15 is 0 Å². The molecule has 5 heteroatoms. The summed E-state index contributed by atoms with van der Waals surface area (Å²) in [5.41, 5.74) is 1.73. The fourth-order valence-corrected chi connectivity index (χ4v) is 2.01. The van der Waals surface area contributed by atoms with Gasteiger partial charge in [0, 0.05) is 24.8 Å². The second kappa shape index (κ2) is 6.93. The minimum Gasteiger partial charge on any atom is -0.339 e. The van der Waals surface area contributed by atoms with Gasteiger partial charge in [-0.15, -0.1) is 0 Å². The van der Waals surface area contributed by atoms with Gasteiger partial charge < -0.3 is 9.88 Å². The highest BCUT2D eigenvalue weighted by atomic mass is 16.1. The van der Waals surface area contributed by atoms with Gasteiger partial charge in [0.1, 0.15) is 11.8 Å². The minimum absolute atomic E-state index is 0.101. The number of aryl methyl sites for hydroxylation is 1. The molecule has 2 aromatic rings. The predicted octanol–water partition coefficient (Wildman–Crippen LogP) is 2.65. The van der Waals surface area contributed by atoms with Crippen LogP contribution in [0.25, 0.3) is 0 Å². The Bertz CT molecular complexity index is 718. The Morgan fingerprint density at radius 3 is 2.81 bits per heavy atom. The van der Waals surface area contributed by atoms with Crippen molar-refractivity contribution in [2.24, 2.45) is 0 Å². The Morgan fingerprint density at radius 1 is 1.19 bits per heavy atom. The number of amides is 1. The number of carbonyl (C=O) groups excluding carboxylic acids is 1. The van der Waals surface area contributed by atoms with E-state index in [0.29, 0.717) is 36.3 Å². The number of nitrogens with one attached hydrogen (secondary N) is 1. The zero-order valence-corrected chi connectivity index (χ0v) is 11.4. The van der Waals surface area contributed by atoms with Gasteiger partial charge in [-0.1, -0.05) is 6.07 Å². The van der Waals surface area contributed by atoms with Gasteiger partial charge in [-0.25, -0.2) is 0 Å². The molecule has 0 spiro atoms. The largest absolute Gasteiger partial charge is 0.339 e. The highest BCUT2D eigenvalue weighted by Gasteiger charge is 2.04. The van der Waals surface area contributed by atoms with Gasteiger partial charge in [0.05, 0.1) is 11.6 Å². The van der Waals surface area contributed by atoms with Crippen molar-refractivity contribution in [2.45, 2.75) is 19.4 Å². The molecular formula is C16H14N4O. The lowest BCUT2D eigenvalue weighted by molar-refractivity contribution is -0.116. The Morgan fingerprint density at radius 2 is 2.05 bits per heavy atom. The molecule has 1 aromatic carbocycles. The van der Waals surface area contributed by atoms with E-state index in [9.17, 15) is 4.79 Å². The van der Waals surface area contributed by atoms with Crippen molar-refractivity contribution in [3.63, 3.8) is 0 Å². The van der Waals surface area contributed by atoms with Crippen LogP contribution in [0.1, 0.15) is 24.1 Å². The Labute approximate surface area is 123 Å². The maximum atomic E-state index is 11.8. The van der Waals surface area contributed by atoms with Crippen LogP contribution in [-0.4, -0.2) is 10.5 Å². The Balaban J connectivity index is 1.83. The summed E-state index contributed by atoms with van der Waals surface area (Å²) in [6.07, 6.45) is 2.83. The molecular weight excluding hydrogens is 264 g/mol. The quantitative estimate of drug-likeness (QED) is 0.912. The molecule has 0 radical (unpaired) electrons. The molecule has 0 fully saturated rings. The van der Waals surface area contributed by atoms with Crippen LogP contribution >= 0.6 is 0 Å². The van der Waals surface area contributed by atoms with E-state index in [1.165, 1.54) is 0 Å². The third-order valence-electron chi connectivity index (χ3n) is 3.02. The van der Waals surface area contributed by atoms with Crippen molar-refractivity contribution in [2.75, 3.05) is 5.32 Å². The highest BCUT2D eigenvalue weighted by molar-refractivity contribution is 5.90. The summed E-state index contributed by atoms with van der Waals surface area (Å²) in [4.78, 5) is 11.8. The lowest BCUT2D eigenvalue weighted by atomic mass is 10.2. The maximum Gasteiger partial charge on any atom is 0.224 e. The first-order chi connectivity index (χ1) is 10.2. The zero-order chi connectivity index (χ0) is 15.1. The van der Waals surface area contributed by atoms with Gasteiger partial charge in [0.15, 0.2) is 0 Å². The SMILES string of the molecule is N#Cc1cccc(NC(=O)CCCn2cccc2C#N)c1. The number of nitriles is 2. The van der Waals surface area contributed by atoms with Gasteiger partial charge in [-0.3, -0.25) is 4.79 Å². The van der Waals surface area contributed by atoms with Gasteiger partial charge in [-0.05, 0) is 36.8 Å². The van der Waals surface area contributed by atoms with E-state index in [2.05, 4.69) is 11.4 Å². The van der Waals surface area contributed by atoms with E-state index < -0.39 is 0 Å². The first kappa shape index (κ1) is 14.4. The summed E-state index contributed by atoms with van der Waals surface area (Å²) in [5.74, 6) is -0.101. The number of rotatable bonds is 5. The van der Waals surface area contributed by atoms with Crippen LogP contribution in [0.2, 0.25) is 0 Å². The average Bonchev–Trinajstić information content (AvgIpc) is 2.95. The summed E-state index contributed by atoms with van der Waals surface area (Å²) >= 11 is 0. The van der Waals surface area contributed by atoms with Crippen molar-refractivity contribution in [3.8, 4) is 12.1 Å². The zero-order valence-electron chi connectivity index (χ0n) is 11.4. The highest BCUT2D eigenvalue weighted by Crippen LogP contribution is 2.11. The van der Waals surface area contributed by atoms with Crippen LogP contribution in [0.4, 0.5) is 5.69 Å². The smallest absolute Gasteiger partial charge is 0.224 e. The first-order valence-electron chi connectivity index (χ1n) is 6.58. The van der Waals surface area contributed by atoms with Crippen LogP contribution < -0.4 is 5.32 Å². The number of nitrogens with zero attached hydrogens (tertiary/aromatic N) is 3. The van der Waals surface area contributed by atoms with Crippen LogP contribution in [0.5, 0.6) is 0 Å². The monoisotopic (exact) mass is 278 g/mol. The van der Waals surface area contributed by atoms with Gasteiger partial charge in [-0.2, -0.15) is 10.5 Å². The molecule has 1 aromatic heterocycles. The molecule has 104 valence electrons. The topological polar surface area (TPSA) is 81.6 Å². The van der Waals surface area contributed by atoms with Crippen molar-refractivity contribution in [1.29, 1.82) is 10.5 Å². The van der Waals surface area contributed by atoms with E-state index in [-0.39, 0.29) is 5.91 Å². The normalized spacial score (nSPS) is 9.62. The van der Waals surface area contributed by atoms with Crippen LogP contribution in [0.3, 0.4) is 0 Å². The van der Waals surface area contributed by atoms with Crippen LogP contribution in [0.15, 0.2) is 42.6 Å². The standard InChI is InChI=1S/C16H14N4O/c17-11-13-4-1-5-14(10-13)19-16(21)7-3-9-20-8-2-6-15(20)12-18/h1-2,4-6,8,10H,3,7,9H2,(H,19,21). The third-order valence-corrected chi connectivity index (χ3v) is 3.02. The van der Waals surface area contributed by atoms with Gasteiger partial charge in [0.2, 0.25) is 5.91 Å². The number of benzene rings is 1. The Hall–Kier alpha value is -3.05. The molecule has 1 N–H and O–H groups in total. The molecule has 1 amide bonds. The predicted molar refractivity (Wildman–Crippen MR) is 78.2 cm³/mol. The number of aromatic nitrogens is 1. The molecule has 2 rings (SSSR count). The number of hydrogen-bond acceptors (Lipinski definition) is 3. The first-order valence-corrected chi connectivity index (χ1v) is 6.58. The molecule has 0 saturated heterocycles. The van der Waals surface area contributed by atoms with Crippen molar-refractivity contribution >= 4 is 11.6 Å². The third kappa shape index (κ3) is 3.95. The second-order valence-corrected chi connectivity index (χ2v) is 4.54. The molecule has 21 heavy (non-hydrogen) atoms. The minimum atomic E-state index is -0.101. The molecule has 0 unspecified atom stereocenters. The summed E-state index contributed by atoms with van der Waals surface area (Å²) in [6.45, 7) is 0.627. The van der Waals surface area contributed by atoms with Crippen molar-refractivity contribution in [3.05, 3.63) is 53.9 Å². The van der Waals surface area contributed by atoms with E-state index in [4.69, 9.17) is 10.5 Å². The lowest BCUT2D eigenvalue weighted by Gasteiger charge is -2.06. The number of carbonyl (C=O) groups is 1.